The van der Waals surface area contributed by atoms with E-state index >= 15 is 0 Å². The minimum atomic E-state index is -0.476. The van der Waals surface area contributed by atoms with Gasteiger partial charge in [0.05, 0.1) is 24.0 Å². The van der Waals surface area contributed by atoms with Crippen LogP contribution in [0.4, 0.5) is 5.00 Å². The lowest BCUT2D eigenvalue weighted by Crippen LogP contribution is -2.15. The number of furan rings is 1. The maximum Gasteiger partial charge on any atom is 0.341 e. The number of rotatable bonds is 6. The van der Waals surface area contributed by atoms with Crippen LogP contribution in [-0.4, -0.2) is 23.5 Å². The molecule has 3 aromatic heterocycles. The summed E-state index contributed by atoms with van der Waals surface area (Å²) in [6, 6.07) is 20.6. The molecule has 5 rings (SSSR count). The highest BCUT2D eigenvalue weighted by molar-refractivity contribution is 7.15. The highest BCUT2D eigenvalue weighted by Gasteiger charge is 2.24. The van der Waals surface area contributed by atoms with Gasteiger partial charge in [-0.15, -0.1) is 11.3 Å². The number of ether oxygens (including phenoxy) is 1. The summed E-state index contributed by atoms with van der Waals surface area (Å²) in [6.45, 7) is 4.00. The number of para-hydroxylation sites is 1. The van der Waals surface area contributed by atoms with Crippen molar-refractivity contribution in [2.75, 3.05) is 11.9 Å². The Morgan fingerprint density at radius 3 is 2.60 bits per heavy atom. The Bertz CT molecular complexity index is 1520. The molecule has 0 aliphatic heterocycles. The van der Waals surface area contributed by atoms with E-state index < -0.39 is 5.97 Å². The average Bonchev–Trinajstić information content (AvgIpc) is 3.55. The zero-order valence-corrected chi connectivity index (χ0v) is 20.0. The van der Waals surface area contributed by atoms with Crippen LogP contribution in [-0.2, 0) is 4.74 Å². The number of carbonyl (C=O) groups is 2. The molecule has 0 saturated carbocycles. The second kappa shape index (κ2) is 9.56. The number of aromatic nitrogens is 1. The Balaban J connectivity index is 1.57. The SMILES string of the molecule is CCOC(=O)c1c(-c2ccc(C)cc2)csc1NC(=O)c1cc(-c2ccco2)nc2ccccc12. The molecule has 6 nitrogen and oxygen atoms in total. The van der Waals surface area contributed by atoms with Crippen LogP contribution in [0.15, 0.2) is 82.8 Å². The van der Waals surface area contributed by atoms with E-state index in [0.717, 1.165) is 16.7 Å². The number of nitrogens with one attached hydrogen (secondary N) is 1. The fourth-order valence-corrected chi connectivity index (χ4v) is 4.84. The molecule has 1 amide bonds. The number of pyridine rings is 1. The van der Waals surface area contributed by atoms with E-state index in [1.54, 1.807) is 31.4 Å². The molecule has 0 saturated heterocycles. The summed E-state index contributed by atoms with van der Waals surface area (Å²) in [4.78, 5) is 31.1. The van der Waals surface area contributed by atoms with Gasteiger partial charge in [-0.25, -0.2) is 9.78 Å². The van der Waals surface area contributed by atoms with Gasteiger partial charge in [-0.05, 0) is 43.7 Å². The van der Waals surface area contributed by atoms with Crippen LogP contribution in [0.5, 0.6) is 0 Å². The minimum Gasteiger partial charge on any atom is -0.463 e. The first kappa shape index (κ1) is 22.6. The van der Waals surface area contributed by atoms with Crippen molar-refractivity contribution in [1.29, 1.82) is 0 Å². The Labute approximate surface area is 206 Å². The number of aryl methyl sites for hydroxylation is 1. The molecule has 0 unspecified atom stereocenters. The molecular formula is C28H22N2O4S. The van der Waals surface area contributed by atoms with Crippen molar-refractivity contribution in [3.05, 3.63) is 95.1 Å². The molecule has 2 aromatic carbocycles. The van der Waals surface area contributed by atoms with Crippen molar-refractivity contribution in [2.45, 2.75) is 13.8 Å². The van der Waals surface area contributed by atoms with E-state index in [0.29, 0.717) is 38.5 Å². The van der Waals surface area contributed by atoms with E-state index in [-0.39, 0.29) is 12.5 Å². The summed E-state index contributed by atoms with van der Waals surface area (Å²) in [5.74, 6) is -0.260. The fourth-order valence-electron chi connectivity index (χ4n) is 3.89. The van der Waals surface area contributed by atoms with Crippen molar-refractivity contribution in [3.8, 4) is 22.6 Å². The maximum atomic E-state index is 13.6. The summed E-state index contributed by atoms with van der Waals surface area (Å²) in [7, 11) is 0. The van der Waals surface area contributed by atoms with Crippen LogP contribution >= 0.6 is 11.3 Å². The lowest BCUT2D eigenvalue weighted by Gasteiger charge is -2.11. The molecule has 0 atom stereocenters. The molecule has 3 heterocycles. The molecule has 174 valence electrons. The molecular weight excluding hydrogens is 460 g/mol. The summed E-state index contributed by atoms with van der Waals surface area (Å²) in [5.41, 5.74) is 4.72. The van der Waals surface area contributed by atoms with Crippen molar-refractivity contribution in [3.63, 3.8) is 0 Å². The smallest absolute Gasteiger partial charge is 0.341 e. The number of esters is 1. The summed E-state index contributed by atoms with van der Waals surface area (Å²) >= 11 is 1.29. The number of benzene rings is 2. The van der Waals surface area contributed by atoms with Crippen LogP contribution in [0.1, 0.15) is 33.2 Å². The normalized spacial score (nSPS) is 10.9. The van der Waals surface area contributed by atoms with Gasteiger partial charge in [0.2, 0.25) is 0 Å². The van der Waals surface area contributed by atoms with Crippen molar-refractivity contribution >= 4 is 39.1 Å². The van der Waals surface area contributed by atoms with Gasteiger partial charge < -0.3 is 14.5 Å². The van der Waals surface area contributed by atoms with Gasteiger partial charge >= 0.3 is 5.97 Å². The fraction of sp³-hybridized carbons (Fsp3) is 0.107. The Kier molecular flexibility index (Phi) is 6.16. The Hall–Kier alpha value is -4.23. The monoisotopic (exact) mass is 482 g/mol. The minimum absolute atomic E-state index is 0.233. The molecule has 0 fully saturated rings. The highest BCUT2D eigenvalue weighted by atomic mass is 32.1. The number of thiophene rings is 1. The van der Waals surface area contributed by atoms with Crippen LogP contribution in [0, 0.1) is 6.92 Å². The van der Waals surface area contributed by atoms with Crippen LogP contribution in [0.2, 0.25) is 0 Å². The van der Waals surface area contributed by atoms with Gasteiger partial charge in [0.25, 0.3) is 5.91 Å². The molecule has 7 heteroatoms. The molecule has 5 aromatic rings. The summed E-state index contributed by atoms with van der Waals surface area (Å²) in [6.07, 6.45) is 1.57. The third-order valence-corrected chi connectivity index (χ3v) is 6.49. The molecule has 0 aliphatic carbocycles. The van der Waals surface area contributed by atoms with E-state index in [4.69, 9.17) is 9.15 Å². The Morgan fingerprint density at radius 2 is 1.86 bits per heavy atom. The first-order chi connectivity index (χ1) is 17.0. The number of nitrogens with zero attached hydrogens (tertiary/aromatic N) is 1. The van der Waals surface area contributed by atoms with E-state index in [1.165, 1.54) is 11.3 Å². The van der Waals surface area contributed by atoms with Crippen LogP contribution in [0.3, 0.4) is 0 Å². The van der Waals surface area contributed by atoms with Gasteiger partial charge in [0.1, 0.15) is 16.3 Å². The first-order valence-corrected chi connectivity index (χ1v) is 12.0. The Morgan fingerprint density at radius 1 is 1.06 bits per heavy atom. The molecule has 1 N–H and O–H groups in total. The van der Waals surface area contributed by atoms with Gasteiger partial charge in [0.15, 0.2) is 5.76 Å². The molecule has 0 radical (unpaired) electrons. The summed E-state index contributed by atoms with van der Waals surface area (Å²) < 4.78 is 10.8. The summed E-state index contributed by atoms with van der Waals surface area (Å²) in [5, 5.41) is 5.96. The second-order valence-corrected chi connectivity index (χ2v) is 8.82. The van der Waals surface area contributed by atoms with E-state index in [2.05, 4.69) is 10.3 Å². The predicted molar refractivity (Wildman–Crippen MR) is 138 cm³/mol. The number of carbonyl (C=O) groups excluding carboxylic acids is 2. The van der Waals surface area contributed by atoms with Gasteiger partial charge in [-0.1, -0.05) is 48.0 Å². The third kappa shape index (κ3) is 4.46. The first-order valence-electron chi connectivity index (χ1n) is 11.2. The lowest BCUT2D eigenvalue weighted by atomic mass is 10.0. The quantitative estimate of drug-likeness (QED) is 0.265. The maximum absolute atomic E-state index is 13.6. The van der Waals surface area contributed by atoms with Gasteiger partial charge in [-0.3, -0.25) is 4.79 Å². The highest BCUT2D eigenvalue weighted by Crippen LogP contribution is 2.37. The predicted octanol–water partition coefficient (Wildman–Crippen LogP) is 6.96. The molecule has 0 bridgehead atoms. The number of amides is 1. The third-order valence-electron chi connectivity index (χ3n) is 5.59. The van der Waals surface area contributed by atoms with Crippen LogP contribution < -0.4 is 5.32 Å². The lowest BCUT2D eigenvalue weighted by molar-refractivity contribution is 0.0529. The van der Waals surface area contributed by atoms with Gasteiger partial charge in [-0.2, -0.15) is 0 Å². The zero-order valence-electron chi connectivity index (χ0n) is 19.2. The number of hydrogen-bond donors (Lipinski definition) is 1. The zero-order chi connectivity index (χ0) is 24.4. The molecule has 35 heavy (non-hydrogen) atoms. The topological polar surface area (TPSA) is 81.4 Å². The average molecular weight is 483 g/mol. The molecule has 0 spiro atoms. The number of fused-ring (bicyclic) bond motifs is 1. The van der Waals surface area contributed by atoms with Crippen molar-refractivity contribution < 1.29 is 18.7 Å². The number of anilines is 1. The van der Waals surface area contributed by atoms with Crippen LogP contribution in [0.25, 0.3) is 33.5 Å². The van der Waals surface area contributed by atoms with Gasteiger partial charge in [0, 0.05) is 16.3 Å². The largest absolute Gasteiger partial charge is 0.463 e. The molecule has 0 aliphatic rings. The standard InChI is InChI=1S/C28H22N2O4S/c1-3-33-28(32)25-21(18-12-10-17(2)11-13-18)16-35-27(25)30-26(31)20-15-23(24-9-6-14-34-24)29-22-8-5-4-7-19(20)22/h4-16H,3H2,1-2H3,(H,30,31). The van der Waals surface area contributed by atoms with E-state index in [9.17, 15) is 9.59 Å². The van der Waals surface area contributed by atoms with E-state index in [1.807, 2.05) is 60.8 Å². The van der Waals surface area contributed by atoms with Crippen molar-refractivity contribution in [2.24, 2.45) is 0 Å². The van der Waals surface area contributed by atoms with Crippen molar-refractivity contribution in [1.82, 2.24) is 4.98 Å². The second-order valence-electron chi connectivity index (χ2n) is 7.94. The number of hydrogen-bond acceptors (Lipinski definition) is 6.